The van der Waals surface area contributed by atoms with E-state index in [4.69, 9.17) is 4.74 Å². The molecule has 0 aliphatic carbocycles. The zero-order chi connectivity index (χ0) is 20.5. The van der Waals surface area contributed by atoms with Crippen LogP contribution in [0, 0.1) is 0 Å². The van der Waals surface area contributed by atoms with E-state index in [9.17, 15) is 0 Å². The summed E-state index contributed by atoms with van der Waals surface area (Å²) in [5, 5.41) is 1.35. The molecule has 1 aromatic heterocycles. The minimum absolute atomic E-state index is 0.619. The molecular weight excluding hydrogens is 370 g/mol. The SMILES string of the molecule is COc1ccc2c(c1CCN1CCC(n3ccc4ccccc43)CC1)CCCN2C. The summed E-state index contributed by atoms with van der Waals surface area (Å²) in [5.74, 6) is 1.07. The molecule has 30 heavy (non-hydrogen) atoms. The number of hydrogen-bond donors (Lipinski definition) is 0. The lowest BCUT2D eigenvalue weighted by molar-refractivity contribution is 0.190. The Bertz CT molecular complexity index is 1020. The van der Waals surface area contributed by atoms with Crippen molar-refractivity contribution in [3.8, 4) is 5.75 Å². The van der Waals surface area contributed by atoms with Crippen LogP contribution < -0.4 is 9.64 Å². The van der Waals surface area contributed by atoms with E-state index < -0.39 is 0 Å². The third-order valence-corrected chi connectivity index (χ3v) is 7.17. The smallest absolute Gasteiger partial charge is 0.122 e. The summed E-state index contributed by atoms with van der Waals surface area (Å²) in [6, 6.07) is 16.0. The van der Waals surface area contributed by atoms with Gasteiger partial charge in [0.05, 0.1) is 7.11 Å². The number of benzene rings is 2. The number of aromatic nitrogens is 1. The third-order valence-electron chi connectivity index (χ3n) is 7.17. The van der Waals surface area contributed by atoms with Crippen molar-refractivity contribution < 1.29 is 4.74 Å². The fourth-order valence-corrected chi connectivity index (χ4v) is 5.49. The van der Waals surface area contributed by atoms with Crippen LogP contribution in [-0.4, -0.2) is 49.8 Å². The highest BCUT2D eigenvalue weighted by atomic mass is 16.5. The first-order chi connectivity index (χ1) is 14.7. The van der Waals surface area contributed by atoms with Gasteiger partial charge in [0.15, 0.2) is 0 Å². The highest BCUT2D eigenvalue weighted by Gasteiger charge is 2.23. The van der Waals surface area contributed by atoms with Crippen LogP contribution in [-0.2, 0) is 12.8 Å². The molecule has 0 N–H and O–H groups in total. The average Bonchev–Trinajstić information content (AvgIpc) is 3.22. The Morgan fingerprint density at radius 1 is 1.00 bits per heavy atom. The molecule has 0 amide bonds. The summed E-state index contributed by atoms with van der Waals surface area (Å²) >= 11 is 0. The second-order valence-corrected chi connectivity index (χ2v) is 8.87. The maximum Gasteiger partial charge on any atom is 0.122 e. The van der Waals surface area contributed by atoms with Crippen LogP contribution in [0.5, 0.6) is 5.75 Å². The van der Waals surface area contributed by atoms with Gasteiger partial charge in [-0.25, -0.2) is 0 Å². The van der Waals surface area contributed by atoms with Crippen molar-refractivity contribution in [3.05, 3.63) is 59.8 Å². The minimum atomic E-state index is 0.619. The van der Waals surface area contributed by atoms with Crippen molar-refractivity contribution in [2.24, 2.45) is 0 Å². The highest BCUT2D eigenvalue weighted by molar-refractivity contribution is 5.80. The van der Waals surface area contributed by atoms with E-state index in [0.717, 1.165) is 25.3 Å². The zero-order valence-electron chi connectivity index (χ0n) is 18.3. The van der Waals surface area contributed by atoms with Crippen molar-refractivity contribution >= 4 is 16.6 Å². The first kappa shape index (κ1) is 19.5. The van der Waals surface area contributed by atoms with Crippen LogP contribution >= 0.6 is 0 Å². The molecule has 3 heterocycles. The number of likely N-dealkylation sites (tertiary alicyclic amines) is 1. The summed E-state index contributed by atoms with van der Waals surface area (Å²) in [7, 11) is 4.02. The normalized spacial score (nSPS) is 18.0. The van der Waals surface area contributed by atoms with Crippen LogP contribution in [0.2, 0.25) is 0 Å². The zero-order valence-corrected chi connectivity index (χ0v) is 18.3. The number of methoxy groups -OCH3 is 1. The molecule has 4 heteroatoms. The molecule has 0 unspecified atom stereocenters. The Labute approximate surface area is 180 Å². The molecule has 2 aliphatic rings. The molecule has 1 saturated heterocycles. The number of hydrogen-bond acceptors (Lipinski definition) is 3. The topological polar surface area (TPSA) is 20.6 Å². The van der Waals surface area contributed by atoms with Crippen molar-refractivity contribution in [3.63, 3.8) is 0 Å². The van der Waals surface area contributed by atoms with Gasteiger partial charge in [0.1, 0.15) is 5.75 Å². The fourth-order valence-electron chi connectivity index (χ4n) is 5.49. The molecule has 0 bridgehead atoms. The summed E-state index contributed by atoms with van der Waals surface area (Å²) in [6.45, 7) is 4.62. The van der Waals surface area contributed by atoms with Crippen molar-refractivity contribution in [2.75, 3.05) is 45.2 Å². The summed E-state index contributed by atoms with van der Waals surface area (Å²) in [6.07, 6.45) is 8.23. The lowest BCUT2D eigenvalue weighted by atomic mass is 9.93. The molecule has 0 radical (unpaired) electrons. The molecule has 2 aliphatic heterocycles. The molecule has 2 aromatic carbocycles. The van der Waals surface area contributed by atoms with Crippen molar-refractivity contribution in [2.45, 2.75) is 38.1 Å². The van der Waals surface area contributed by atoms with E-state index in [-0.39, 0.29) is 0 Å². The average molecular weight is 404 g/mol. The molecule has 0 atom stereocenters. The van der Waals surface area contributed by atoms with Gasteiger partial charge in [-0.2, -0.15) is 0 Å². The van der Waals surface area contributed by atoms with E-state index in [1.54, 1.807) is 0 Å². The van der Waals surface area contributed by atoms with Crippen molar-refractivity contribution in [1.82, 2.24) is 9.47 Å². The second kappa shape index (κ2) is 8.35. The van der Waals surface area contributed by atoms with Gasteiger partial charge >= 0.3 is 0 Å². The van der Waals surface area contributed by atoms with E-state index in [1.165, 1.54) is 66.5 Å². The largest absolute Gasteiger partial charge is 0.496 e. The van der Waals surface area contributed by atoms with Crippen molar-refractivity contribution in [1.29, 1.82) is 0 Å². The van der Waals surface area contributed by atoms with Gasteiger partial charge in [-0.3, -0.25) is 0 Å². The van der Waals surface area contributed by atoms with Crippen LogP contribution in [0.15, 0.2) is 48.7 Å². The van der Waals surface area contributed by atoms with Gasteiger partial charge in [0, 0.05) is 62.2 Å². The second-order valence-electron chi connectivity index (χ2n) is 8.87. The molecular formula is C26H33N3O. The highest BCUT2D eigenvalue weighted by Crippen LogP contribution is 2.35. The Hall–Kier alpha value is -2.46. The van der Waals surface area contributed by atoms with Crippen LogP contribution in [0.1, 0.15) is 36.4 Å². The number of rotatable bonds is 5. The summed E-state index contributed by atoms with van der Waals surface area (Å²) in [4.78, 5) is 5.04. The summed E-state index contributed by atoms with van der Waals surface area (Å²) < 4.78 is 8.25. The molecule has 158 valence electrons. The number of piperidine rings is 1. The Kier molecular flexibility index (Phi) is 5.43. The predicted octanol–water partition coefficient (Wildman–Crippen LogP) is 4.91. The maximum atomic E-state index is 5.75. The Balaban J connectivity index is 1.25. The van der Waals surface area contributed by atoms with Gasteiger partial charge in [-0.15, -0.1) is 0 Å². The molecule has 5 rings (SSSR count). The van der Waals surface area contributed by atoms with Gasteiger partial charge in [0.2, 0.25) is 0 Å². The predicted molar refractivity (Wildman–Crippen MR) is 125 cm³/mol. The lowest BCUT2D eigenvalue weighted by Gasteiger charge is -2.34. The van der Waals surface area contributed by atoms with Gasteiger partial charge in [-0.05, 0) is 67.3 Å². The number of ether oxygens (including phenoxy) is 1. The van der Waals surface area contributed by atoms with Gasteiger partial charge < -0.3 is 19.1 Å². The molecule has 3 aromatic rings. The molecule has 1 fully saturated rings. The van der Waals surface area contributed by atoms with E-state index in [2.05, 4.69) is 70.1 Å². The Morgan fingerprint density at radius 3 is 2.67 bits per heavy atom. The number of fused-ring (bicyclic) bond motifs is 2. The third kappa shape index (κ3) is 3.58. The number of anilines is 1. The van der Waals surface area contributed by atoms with E-state index >= 15 is 0 Å². The summed E-state index contributed by atoms with van der Waals surface area (Å²) in [5.41, 5.74) is 5.72. The molecule has 0 spiro atoms. The van der Waals surface area contributed by atoms with Crippen LogP contribution in [0.3, 0.4) is 0 Å². The van der Waals surface area contributed by atoms with Gasteiger partial charge in [-0.1, -0.05) is 18.2 Å². The number of para-hydroxylation sites is 1. The van der Waals surface area contributed by atoms with Crippen LogP contribution in [0.25, 0.3) is 10.9 Å². The molecule has 0 saturated carbocycles. The lowest BCUT2D eigenvalue weighted by Crippen LogP contribution is -2.36. The molecule has 4 nitrogen and oxygen atoms in total. The van der Waals surface area contributed by atoms with E-state index in [0.29, 0.717) is 6.04 Å². The Morgan fingerprint density at radius 2 is 1.83 bits per heavy atom. The fraction of sp³-hybridized carbons (Fsp3) is 0.462. The van der Waals surface area contributed by atoms with Crippen LogP contribution in [0.4, 0.5) is 5.69 Å². The minimum Gasteiger partial charge on any atom is -0.496 e. The number of nitrogens with zero attached hydrogens (tertiary/aromatic N) is 3. The standard InChI is InChI=1S/C26H33N3O/c1-27-15-5-7-22-23(26(30-2)10-9-25(22)27)14-18-28-16-12-21(13-17-28)29-19-11-20-6-3-4-8-24(20)29/h3-4,6,8-11,19,21H,5,7,12-18H2,1-2H3. The monoisotopic (exact) mass is 403 g/mol. The quantitative estimate of drug-likeness (QED) is 0.604. The first-order valence-corrected chi connectivity index (χ1v) is 11.4. The maximum absolute atomic E-state index is 5.75. The first-order valence-electron chi connectivity index (χ1n) is 11.4. The van der Waals surface area contributed by atoms with Gasteiger partial charge in [0.25, 0.3) is 0 Å². The van der Waals surface area contributed by atoms with E-state index in [1.807, 2.05) is 7.11 Å².